The Morgan fingerprint density at radius 2 is 1.39 bits per heavy atom. The SMILES string of the molecule is C.CCCN1/C(=C/C=C2\CCCC(/C=C\C3=[N+](CCC)c4ccccc4C3(C)C)=C2Sc2ccccc2)C(C)(C)c2ccccc21.[O-][Cl+3]([O-])([O-])[O-]. The minimum absolute atomic E-state index is 0. The maximum Gasteiger partial charge on any atom is 0.209 e. The van der Waals surface area contributed by atoms with Gasteiger partial charge in [0.15, 0.2) is 5.71 Å². The number of allylic oxidation sites excluding steroid dienone is 7. The Balaban J connectivity index is 0.000000909. The lowest BCUT2D eigenvalue weighted by atomic mass is 9.81. The van der Waals surface area contributed by atoms with Crippen LogP contribution in [-0.4, -0.2) is 23.4 Å². The van der Waals surface area contributed by atoms with E-state index >= 15 is 0 Å². The molecule has 0 fully saturated rings. The maximum absolute atomic E-state index is 8.49. The van der Waals surface area contributed by atoms with Gasteiger partial charge in [-0.05, 0) is 80.5 Å². The van der Waals surface area contributed by atoms with Gasteiger partial charge in [0.1, 0.15) is 6.54 Å². The smallest absolute Gasteiger partial charge is 0.209 e. The van der Waals surface area contributed by atoms with Crippen molar-refractivity contribution in [1.82, 2.24) is 0 Å². The molecule has 2 aliphatic heterocycles. The molecule has 0 radical (unpaired) electrons. The zero-order chi connectivity index (χ0) is 36.1. The van der Waals surface area contributed by atoms with Crippen molar-refractivity contribution in [2.45, 2.75) is 96.8 Å². The molecule has 3 aliphatic rings. The Kier molecular flexibility index (Phi) is 13.4. The van der Waals surface area contributed by atoms with E-state index < -0.39 is 10.2 Å². The summed E-state index contributed by atoms with van der Waals surface area (Å²) in [5.41, 5.74) is 11.2. The van der Waals surface area contributed by atoms with Crippen molar-refractivity contribution in [3.05, 3.63) is 136 Å². The molecular formula is C43H53ClN2O4S. The molecule has 0 spiro atoms. The van der Waals surface area contributed by atoms with Gasteiger partial charge >= 0.3 is 0 Å². The van der Waals surface area contributed by atoms with Gasteiger partial charge in [-0.15, -0.1) is 10.2 Å². The van der Waals surface area contributed by atoms with Crippen LogP contribution in [0.5, 0.6) is 0 Å². The van der Waals surface area contributed by atoms with E-state index in [2.05, 4.69) is 154 Å². The summed E-state index contributed by atoms with van der Waals surface area (Å²) < 4.78 is 36.5. The Hall–Kier alpha value is -3.43. The van der Waals surface area contributed by atoms with Gasteiger partial charge in [-0.2, -0.15) is 4.58 Å². The molecule has 8 heteroatoms. The molecule has 0 unspecified atom stereocenters. The van der Waals surface area contributed by atoms with Crippen LogP contribution in [0.25, 0.3) is 0 Å². The third-order valence-corrected chi connectivity index (χ3v) is 11.1. The largest absolute Gasteiger partial charge is 0.344 e. The molecule has 0 amide bonds. The molecule has 3 aromatic rings. The lowest BCUT2D eigenvalue weighted by Crippen LogP contribution is -2.68. The molecule has 0 bridgehead atoms. The number of fused-ring (bicyclic) bond motifs is 2. The second kappa shape index (κ2) is 16.9. The first-order chi connectivity index (χ1) is 23.8. The lowest BCUT2D eigenvalue weighted by Gasteiger charge is -2.27. The first-order valence-corrected chi connectivity index (χ1v) is 19.6. The molecule has 0 saturated carbocycles. The minimum Gasteiger partial charge on any atom is -0.344 e. The summed E-state index contributed by atoms with van der Waals surface area (Å²) in [6.07, 6.45) is 15.4. The van der Waals surface area contributed by atoms with Gasteiger partial charge in [-0.25, -0.2) is 18.6 Å². The van der Waals surface area contributed by atoms with E-state index in [1.165, 1.54) is 61.3 Å². The zero-order valence-electron chi connectivity index (χ0n) is 30.1. The van der Waals surface area contributed by atoms with Crippen LogP contribution in [0, 0.1) is 10.2 Å². The van der Waals surface area contributed by atoms with E-state index in [0.717, 1.165) is 38.8 Å². The summed E-state index contributed by atoms with van der Waals surface area (Å²) in [5.74, 6) is 0. The summed E-state index contributed by atoms with van der Waals surface area (Å²) in [6.45, 7) is 16.2. The third kappa shape index (κ3) is 9.15. The lowest BCUT2D eigenvalue weighted by molar-refractivity contribution is -2.00. The molecule has 1 aliphatic carbocycles. The highest BCUT2D eigenvalue weighted by Gasteiger charge is 2.44. The van der Waals surface area contributed by atoms with Crippen LogP contribution in [0.1, 0.15) is 92.2 Å². The fourth-order valence-electron chi connectivity index (χ4n) is 7.53. The Labute approximate surface area is 312 Å². The topological polar surface area (TPSA) is 98.5 Å². The molecule has 0 atom stereocenters. The van der Waals surface area contributed by atoms with Gasteiger partial charge in [-0.3, -0.25) is 0 Å². The Bertz CT molecular complexity index is 1830. The Morgan fingerprint density at radius 3 is 2.06 bits per heavy atom. The van der Waals surface area contributed by atoms with E-state index in [1.807, 2.05) is 11.8 Å². The van der Waals surface area contributed by atoms with E-state index in [0.29, 0.717) is 0 Å². The fourth-order valence-corrected chi connectivity index (χ4v) is 8.66. The summed E-state index contributed by atoms with van der Waals surface area (Å²) >= 11 is 1.94. The summed E-state index contributed by atoms with van der Waals surface area (Å²) in [6, 6.07) is 28.9. The summed E-state index contributed by atoms with van der Waals surface area (Å²) in [5, 5.41) is 0. The van der Waals surface area contributed by atoms with Gasteiger partial charge < -0.3 is 4.90 Å². The van der Waals surface area contributed by atoms with Crippen LogP contribution in [0.4, 0.5) is 11.4 Å². The molecule has 272 valence electrons. The molecule has 0 N–H and O–H groups in total. The molecule has 0 saturated heterocycles. The van der Waals surface area contributed by atoms with Crippen LogP contribution >= 0.6 is 11.8 Å². The number of thioether (sulfide) groups is 1. The van der Waals surface area contributed by atoms with E-state index in [9.17, 15) is 0 Å². The third-order valence-electron chi connectivity index (χ3n) is 9.82. The predicted octanol–water partition coefficient (Wildman–Crippen LogP) is 7.16. The van der Waals surface area contributed by atoms with Crippen LogP contribution in [0.15, 0.2) is 130 Å². The molecule has 51 heavy (non-hydrogen) atoms. The fraction of sp³-hybridized carbons (Fsp3) is 0.372. The molecule has 2 heterocycles. The number of rotatable bonds is 9. The van der Waals surface area contributed by atoms with Crippen molar-refractivity contribution in [1.29, 1.82) is 0 Å². The molecule has 6 nitrogen and oxygen atoms in total. The predicted molar refractivity (Wildman–Crippen MR) is 202 cm³/mol. The monoisotopic (exact) mass is 728 g/mol. The number of halogens is 1. The van der Waals surface area contributed by atoms with E-state index in [4.69, 9.17) is 18.6 Å². The molecule has 6 rings (SSSR count). The second-order valence-corrected chi connectivity index (χ2v) is 15.9. The highest BCUT2D eigenvalue weighted by Crippen LogP contribution is 2.48. The van der Waals surface area contributed by atoms with E-state index in [-0.39, 0.29) is 18.3 Å². The van der Waals surface area contributed by atoms with Crippen molar-refractivity contribution in [3.8, 4) is 0 Å². The summed E-state index contributed by atoms with van der Waals surface area (Å²) in [4.78, 5) is 5.28. The summed E-state index contributed by atoms with van der Waals surface area (Å²) in [7, 11) is -4.94. The van der Waals surface area contributed by atoms with Crippen molar-refractivity contribution in [2.24, 2.45) is 0 Å². The van der Waals surface area contributed by atoms with Crippen molar-refractivity contribution >= 4 is 28.8 Å². The van der Waals surface area contributed by atoms with Crippen molar-refractivity contribution in [2.75, 3.05) is 18.0 Å². The quantitative estimate of drug-likeness (QED) is 0.217. The number of hydrogen-bond donors (Lipinski definition) is 0. The number of benzene rings is 3. The average Bonchev–Trinajstić information content (AvgIpc) is 3.42. The number of anilines is 1. The van der Waals surface area contributed by atoms with Gasteiger partial charge in [0.05, 0.1) is 5.41 Å². The Morgan fingerprint density at radius 1 is 0.765 bits per heavy atom. The molecular weight excluding hydrogens is 676 g/mol. The highest BCUT2D eigenvalue weighted by molar-refractivity contribution is 8.03. The van der Waals surface area contributed by atoms with Crippen LogP contribution < -0.4 is 23.5 Å². The van der Waals surface area contributed by atoms with Gasteiger partial charge in [0.2, 0.25) is 5.69 Å². The maximum atomic E-state index is 8.49. The van der Waals surface area contributed by atoms with Crippen molar-refractivity contribution < 1.29 is 33.5 Å². The normalized spacial score (nSPS) is 19.3. The number of nitrogens with zero attached hydrogens (tertiary/aromatic N) is 2. The standard InChI is InChI=1S/C42H49N2S.CH4.ClHO4/c1-7-29-43-36-23-14-12-21-34(36)41(3,4)38(43)27-25-31-17-16-18-32(40(31)45-33-19-10-9-11-20-33)26-28-39-42(5,6)35-22-13-15-24-37(35)44(39)30-8-2;;2-1(3,4)5/h9-15,19-28H,7-8,16-18,29-30H2,1-6H3;1H4;(H,2,3,4,5)/q+1;;/p-1. The highest BCUT2D eigenvalue weighted by atomic mass is 35.7. The average molecular weight is 729 g/mol. The molecule has 0 aromatic heterocycles. The second-order valence-electron chi connectivity index (χ2n) is 14.1. The van der Waals surface area contributed by atoms with Gasteiger partial charge in [0, 0.05) is 57.3 Å². The van der Waals surface area contributed by atoms with Crippen LogP contribution in [-0.2, 0) is 10.8 Å². The van der Waals surface area contributed by atoms with Crippen LogP contribution in [0.2, 0.25) is 0 Å². The number of hydrogen-bond acceptors (Lipinski definition) is 6. The van der Waals surface area contributed by atoms with E-state index in [1.54, 1.807) is 0 Å². The number of para-hydroxylation sites is 2. The first kappa shape index (κ1) is 40.3. The first-order valence-electron chi connectivity index (χ1n) is 17.6. The zero-order valence-corrected chi connectivity index (χ0v) is 31.7. The minimum atomic E-state index is -4.94. The molecule has 3 aromatic carbocycles. The van der Waals surface area contributed by atoms with Crippen LogP contribution in [0.3, 0.4) is 0 Å². The van der Waals surface area contributed by atoms with Gasteiger partial charge in [-0.1, -0.05) is 114 Å². The van der Waals surface area contributed by atoms with Gasteiger partial charge in [0.25, 0.3) is 0 Å². The van der Waals surface area contributed by atoms with Crippen molar-refractivity contribution in [3.63, 3.8) is 0 Å².